The van der Waals surface area contributed by atoms with Gasteiger partial charge in [0, 0.05) is 32.1 Å². The van der Waals surface area contributed by atoms with Gasteiger partial charge in [-0.05, 0) is 37.8 Å². The average molecular weight is 339 g/mol. The number of hydrogen-bond acceptors (Lipinski definition) is 5. The van der Waals surface area contributed by atoms with E-state index in [1.807, 2.05) is 34.1 Å². The summed E-state index contributed by atoms with van der Waals surface area (Å²) in [6.45, 7) is 2.10. The predicted octanol–water partition coefficient (Wildman–Crippen LogP) is 1.64. The van der Waals surface area contributed by atoms with Gasteiger partial charge in [-0.15, -0.1) is 10.2 Å². The molecule has 7 heteroatoms. The van der Waals surface area contributed by atoms with Crippen LogP contribution in [0.2, 0.25) is 0 Å². The molecular weight excluding hydrogens is 318 g/mol. The van der Waals surface area contributed by atoms with Gasteiger partial charge in [0.05, 0.1) is 5.52 Å². The first kappa shape index (κ1) is 15.9. The quantitative estimate of drug-likeness (QED) is 0.849. The largest absolute Gasteiger partial charge is 0.341 e. The normalized spacial score (nSPS) is 21.1. The van der Waals surface area contributed by atoms with Crippen molar-refractivity contribution >= 4 is 22.8 Å². The van der Waals surface area contributed by atoms with Crippen molar-refractivity contribution in [2.24, 2.45) is 0 Å². The maximum absolute atomic E-state index is 13.0. The number of carbonyl (C=O) groups is 2. The molecule has 0 N–H and O–H groups in total. The third-order valence-electron chi connectivity index (χ3n) is 5.04. The number of likely N-dealkylation sites (tertiary alicyclic amines) is 2. The summed E-state index contributed by atoms with van der Waals surface area (Å²) in [5.74, 6) is 0.148. The van der Waals surface area contributed by atoms with Gasteiger partial charge in [0.25, 0.3) is 5.91 Å². The van der Waals surface area contributed by atoms with Crippen molar-refractivity contribution in [1.29, 1.82) is 0 Å². The molecule has 2 saturated heterocycles. The van der Waals surface area contributed by atoms with Gasteiger partial charge in [-0.2, -0.15) is 0 Å². The second-order valence-corrected chi connectivity index (χ2v) is 6.72. The molecule has 0 radical (unpaired) electrons. The van der Waals surface area contributed by atoms with Crippen LogP contribution in [0.3, 0.4) is 0 Å². The maximum atomic E-state index is 13.0. The summed E-state index contributed by atoms with van der Waals surface area (Å²) in [6, 6.07) is 7.43. The Morgan fingerprint density at radius 2 is 1.92 bits per heavy atom. The lowest BCUT2D eigenvalue weighted by Crippen LogP contribution is -2.50. The van der Waals surface area contributed by atoms with Gasteiger partial charge in [0.15, 0.2) is 0 Å². The fraction of sp³-hybridized carbons (Fsp3) is 0.500. The van der Waals surface area contributed by atoms with E-state index in [0.29, 0.717) is 30.5 Å². The van der Waals surface area contributed by atoms with Crippen LogP contribution >= 0.6 is 0 Å². The minimum atomic E-state index is -0.186. The number of fused-ring (bicyclic) bond motifs is 1. The van der Waals surface area contributed by atoms with Crippen LogP contribution in [0.4, 0.5) is 0 Å². The van der Waals surface area contributed by atoms with Crippen molar-refractivity contribution in [1.82, 2.24) is 25.0 Å². The molecule has 0 spiro atoms. The third kappa shape index (κ3) is 3.18. The summed E-state index contributed by atoms with van der Waals surface area (Å²) < 4.78 is 0. The Morgan fingerprint density at radius 3 is 2.72 bits per heavy atom. The van der Waals surface area contributed by atoms with Crippen LogP contribution in [0.25, 0.3) is 11.0 Å². The molecule has 2 aromatic rings. The highest BCUT2D eigenvalue weighted by Crippen LogP contribution is 2.22. The molecule has 4 rings (SSSR count). The molecule has 1 unspecified atom stereocenters. The highest BCUT2D eigenvalue weighted by molar-refractivity contribution is 5.92. The molecule has 2 aliphatic heterocycles. The van der Waals surface area contributed by atoms with E-state index in [-0.39, 0.29) is 23.7 Å². The van der Waals surface area contributed by atoms with Crippen LogP contribution in [-0.2, 0) is 4.79 Å². The first-order valence-corrected chi connectivity index (χ1v) is 8.90. The molecule has 25 heavy (non-hydrogen) atoms. The van der Waals surface area contributed by atoms with Gasteiger partial charge in [-0.1, -0.05) is 12.1 Å². The third-order valence-corrected chi connectivity index (χ3v) is 5.04. The van der Waals surface area contributed by atoms with Gasteiger partial charge in [0.2, 0.25) is 11.7 Å². The maximum Gasteiger partial charge on any atom is 0.293 e. The Kier molecular flexibility index (Phi) is 4.29. The van der Waals surface area contributed by atoms with E-state index in [1.54, 1.807) is 0 Å². The standard InChI is InChI=1S/C18H21N5O2/c24-16-9-5-10-22(16)12-13-6-3-4-11-23(13)18(25)17-19-14-7-1-2-8-15(14)20-21-17/h1-2,7-8,13H,3-6,9-12H2. The number of para-hydroxylation sites is 1. The van der Waals surface area contributed by atoms with Crippen LogP contribution in [-0.4, -0.2) is 62.5 Å². The lowest BCUT2D eigenvalue weighted by molar-refractivity contribution is -0.128. The minimum Gasteiger partial charge on any atom is -0.341 e. The van der Waals surface area contributed by atoms with Crippen molar-refractivity contribution in [2.75, 3.05) is 19.6 Å². The Balaban J connectivity index is 1.56. The highest BCUT2D eigenvalue weighted by Gasteiger charge is 2.32. The molecule has 130 valence electrons. The second-order valence-electron chi connectivity index (χ2n) is 6.72. The number of benzene rings is 1. The molecular formula is C18H21N5O2. The first-order chi connectivity index (χ1) is 12.2. The van der Waals surface area contributed by atoms with E-state index < -0.39 is 0 Å². The molecule has 7 nitrogen and oxygen atoms in total. The van der Waals surface area contributed by atoms with E-state index >= 15 is 0 Å². The number of piperidine rings is 1. The topological polar surface area (TPSA) is 79.3 Å². The molecule has 0 aliphatic carbocycles. The summed E-state index contributed by atoms with van der Waals surface area (Å²) in [5, 5.41) is 8.14. The van der Waals surface area contributed by atoms with Crippen molar-refractivity contribution in [3.05, 3.63) is 30.1 Å². The molecule has 1 aromatic heterocycles. The molecule has 2 fully saturated rings. The Hall–Kier alpha value is -2.57. The zero-order chi connectivity index (χ0) is 17.2. The molecule has 0 saturated carbocycles. The van der Waals surface area contributed by atoms with E-state index in [9.17, 15) is 9.59 Å². The average Bonchev–Trinajstić information content (AvgIpc) is 3.06. The summed E-state index contributed by atoms with van der Waals surface area (Å²) in [6.07, 6.45) is 4.50. The van der Waals surface area contributed by atoms with E-state index in [2.05, 4.69) is 15.2 Å². The van der Waals surface area contributed by atoms with Gasteiger partial charge in [0.1, 0.15) is 5.52 Å². The van der Waals surface area contributed by atoms with Crippen LogP contribution in [0, 0.1) is 0 Å². The minimum absolute atomic E-state index is 0.0402. The molecule has 1 aromatic carbocycles. The number of rotatable bonds is 3. The number of hydrogen-bond donors (Lipinski definition) is 0. The Morgan fingerprint density at radius 1 is 1.08 bits per heavy atom. The number of amides is 2. The van der Waals surface area contributed by atoms with Crippen molar-refractivity contribution in [3.8, 4) is 0 Å². The monoisotopic (exact) mass is 339 g/mol. The van der Waals surface area contributed by atoms with Gasteiger partial charge < -0.3 is 9.80 Å². The molecule has 2 amide bonds. The Bertz CT molecular complexity index is 809. The zero-order valence-corrected chi connectivity index (χ0v) is 14.1. The predicted molar refractivity (Wildman–Crippen MR) is 91.8 cm³/mol. The number of carbonyl (C=O) groups excluding carboxylic acids is 2. The van der Waals surface area contributed by atoms with Crippen LogP contribution in [0.15, 0.2) is 24.3 Å². The van der Waals surface area contributed by atoms with Crippen molar-refractivity contribution in [2.45, 2.75) is 38.1 Å². The molecule has 3 heterocycles. The van der Waals surface area contributed by atoms with Crippen molar-refractivity contribution in [3.63, 3.8) is 0 Å². The molecule has 0 bridgehead atoms. The SMILES string of the molecule is O=C1CCCN1CC1CCCCN1C(=O)c1nnc2ccccc2n1. The summed E-state index contributed by atoms with van der Waals surface area (Å²) >= 11 is 0. The van der Waals surface area contributed by atoms with Crippen molar-refractivity contribution < 1.29 is 9.59 Å². The molecule has 1 atom stereocenters. The van der Waals surface area contributed by atoms with Crippen LogP contribution in [0.5, 0.6) is 0 Å². The fourth-order valence-corrected chi connectivity index (χ4v) is 3.71. The highest BCUT2D eigenvalue weighted by atomic mass is 16.2. The second kappa shape index (κ2) is 6.74. The van der Waals surface area contributed by atoms with E-state index in [1.165, 1.54) is 0 Å². The lowest BCUT2D eigenvalue weighted by Gasteiger charge is -2.37. The van der Waals surface area contributed by atoms with Gasteiger partial charge in [-0.25, -0.2) is 4.98 Å². The Labute approximate surface area is 146 Å². The smallest absolute Gasteiger partial charge is 0.293 e. The lowest BCUT2D eigenvalue weighted by atomic mass is 10.0. The first-order valence-electron chi connectivity index (χ1n) is 8.90. The summed E-state index contributed by atoms with van der Waals surface area (Å²) in [7, 11) is 0. The molecule has 2 aliphatic rings. The van der Waals surface area contributed by atoms with E-state index in [0.717, 1.165) is 32.2 Å². The van der Waals surface area contributed by atoms with Crippen LogP contribution in [0.1, 0.15) is 42.7 Å². The van der Waals surface area contributed by atoms with Crippen LogP contribution < -0.4 is 0 Å². The van der Waals surface area contributed by atoms with Gasteiger partial charge in [-0.3, -0.25) is 9.59 Å². The summed E-state index contributed by atoms with van der Waals surface area (Å²) in [5.41, 5.74) is 1.35. The van der Waals surface area contributed by atoms with Gasteiger partial charge >= 0.3 is 0 Å². The summed E-state index contributed by atoms with van der Waals surface area (Å²) in [4.78, 5) is 33.0. The zero-order valence-electron chi connectivity index (χ0n) is 14.1. The number of aromatic nitrogens is 3. The van der Waals surface area contributed by atoms with E-state index in [4.69, 9.17) is 0 Å². The fourth-order valence-electron chi connectivity index (χ4n) is 3.71. The number of nitrogens with zero attached hydrogens (tertiary/aromatic N) is 5.